The van der Waals surface area contributed by atoms with E-state index in [-0.39, 0.29) is 18.0 Å². The number of benzene rings is 2. The fourth-order valence-electron chi connectivity index (χ4n) is 2.91. The van der Waals surface area contributed by atoms with Crippen LogP contribution in [0, 0.1) is 5.82 Å². The van der Waals surface area contributed by atoms with Gasteiger partial charge in [0.2, 0.25) is 11.8 Å². The number of anilines is 1. The van der Waals surface area contributed by atoms with E-state index in [0.717, 1.165) is 6.42 Å². The van der Waals surface area contributed by atoms with Gasteiger partial charge in [-0.05, 0) is 30.7 Å². The van der Waals surface area contributed by atoms with Gasteiger partial charge in [-0.25, -0.2) is 9.38 Å². The smallest absolute Gasteiger partial charge is 0.242 e. The summed E-state index contributed by atoms with van der Waals surface area (Å²) in [6.07, 6.45) is 0.689. The number of halogens is 1. The quantitative estimate of drug-likeness (QED) is 0.736. The number of hydrogen-bond acceptors (Lipinski definition) is 5. The minimum atomic E-state index is -0.609. The summed E-state index contributed by atoms with van der Waals surface area (Å²) in [6.45, 7) is 2.47. The zero-order valence-corrected chi connectivity index (χ0v) is 17.0. The zero-order valence-electron chi connectivity index (χ0n) is 16.2. The highest BCUT2D eigenvalue weighted by Gasteiger charge is 2.38. The van der Waals surface area contributed by atoms with Crippen molar-refractivity contribution in [3.8, 4) is 5.75 Å². The van der Waals surface area contributed by atoms with E-state index in [4.69, 9.17) is 4.74 Å². The Hall–Kier alpha value is -2.87. The molecular weight excluding hydrogens is 393 g/mol. The number of methoxy groups -OCH3 is 1. The van der Waals surface area contributed by atoms with E-state index < -0.39 is 17.0 Å². The minimum absolute atomic E-state index is 0.0665. The number of nitrogens with zero attached hydrogens (tertiary/aromatic N) is 2. The summed E-state index contributed by atoms with van der Waals surface area (Å²) in [5.74, 6) is -0.507. The van der Waals surface area contributed by atoms with Gasteiger partial charge in [-0.1, -0.05) is 43.0 Å². The Kier molecular flexibility index (Phi) is 6.87. The van der Waals surface area contributed by atoms with Crippen LogP contribution >= 0.6 is 11.8 Å². The number of rotatable bonds is 7. The summed E-state index contributed by atoms with van der Waals surface area (Å²) in [6, 6.07) is 13.2. The molecule has 1 aliphatic rings. The second kappa shape index (κ2) is 9.56. The number of carbonyl (C=O) groups excluding carboxylic acids is 2. The number of carbonyl (C=O) groups is 2. The van der Waals surface area contributed by atoms with Crippen molar-refractivity contribution in [3.05, 3.63) is 54.3 Å². The van der Waals surface area contributed by atoms with Gasteiger partial charge in [0.15, 0.2) is 5.17 Å². The summed E-state index contributed by atoms with van der Waals surface area (Å²) in [7, 11) is 1.56. The predicted molar refractivity (Wildman–Crippen MR) is 113 cm³/mol. The molecule has 0 spiro atoms. The van der Waals surface area contributed by atoms with E-state index in [1.807, 2.05) is 19.1 Å². The lowest BCUT2D eigenvalue weighted by molar-refractivity contribution is -0.128. The van der Waals surface area contributed by atoms with Crippen molar-refractivity contribution >= 4 is 40.1 Å². The van der Waals surface area contributed by atoms with Crippen molar-refractivity contribution < 1.29 is 18.7 Å². The highest BCUT2D eigenvalue weighted by atomic mass is 32.2. The third-order valence-corrected chi connectivity index (χ3v) is 5.46. The molecule has 0 radical (unpaired) electrons. The molecule has 0 aromatic heterocycles. The maximum absolute atomic E-state index is 13.8. The molecule has 2 amide bonds. The fraction of sp³-hybridized carbons (Fsp3) is 0.286. The topological polar surface area (TPSA) is 71.0 Å². The molecule has 6 nitrogen and oxygen atoms in total. The molecule has 0 aliphatic carbocycles. The first-order valence-corrected chi connectivity index (χ1v) is 10.2. The first kappa shape index (κ1) is 20.9. The average Bonchev–Trinajstić information content (AvgIpc) is 2.99. The van der Waals surface area contributed by atoms with Gasteiger partial charge in [0.1, 0.15) is 22.5 Å². The monoisotopic (exact) mass is 415 g/mol. The summed E-state index contributed by atoms with van der Waals surface area (Å²) < 4.78 is 19.1. The number of ether oxygens (including phenoxy) is 1. The molecule has 1 atom stereocenters. The second-order valence-electron chi connectivity index (χ2n) is 6.39. The molecule has 2 aromatic rings. The summed E-state index contributed by atoms with van der Waals surface area (Å²) >= 11 is 1.24. The SMILES string of the molecule is CCCN1C(=O)[C@@H](CC(=O)Nc2ccccc2F)SC1=Nc1ccccc1OC. The van der Waals surface area contributed by atoms with Gasteiger partial charge in [-0.3, -0.25) is 14.5 Å². The first-order valence-electron chi connectivity index (χ1n) is 9.27. The molecule has 0 unspecified atom stereocenters. The summed E-state index contributed by atoms with van der Waals surface area (Å²) in [5, 5.41) is 2.45. The van der Waals surface area contributed by atoms with Crippen molar-refractivity contribution in [3.63, 3.8) is 0 Å². The van der Waals surface area contributed by atoms with Gasteiger partial charge in [-0.2, -0.15) is 0 Å². The molecule has 8 heteroatoms. The third-order valence-electron chi connectivity index (χ3n) is 4.29. The van der Waals surface area contributed by atoms with E-state index in [1.54, 1.807) is 36.3 Å². The number of amidine groups is 1. The lowest BCUT2D eigenvalue weighted by atomic mass is 10.2. The lowest BCUT2D eigenvalue weighted by Crippen LogP contribution is -2.34. The van der Waals surface area contributed by atoms with Crippen LogP contribution in [0.4, 0.5) is 15.8 Å². The summed E-state index contributed by atoms with van der Waals surface area (Å²) in [4.78, 5) is 31.4. The Morgan fingerprint density at radius 2 is 1.97 bits per heavy atom. The van der Waals surface area contributed by atoms with Crippen LogP contribution in [0.1, 0.15) is 19.8 Å². The Bertz CT molecular complexity index is 935. The fourth-order valence-corrected chi connectivity index (χ4v) is 4.09. The molecule has 0 saturated carbocycles. The van der Waals surface area contributed by atoms with Crippen LogP contribution in [0.5, 0.6) is 5.75 Å². The largest absolute Gasteiger partial charge is 0.494 e. The van der Waals surface area contributed by atoms with Crippen LogP contribution in [0.2, 0.25) is 0 Å². The normalized spacial score (nSPS) is 17.6. The summed E-state index contributed by atoms with van der Waals surface area (Å²) in [5.41, 5.74) is 0.712. The van der Waals surface area contributed by atoms with Gasteiger partial charge >= 0.3 is 0 Å². The molecule has 1 fully saturated rings. The number of nitrogens with one attached hydrogen (secondary N) is 1. The Morgan fingerprint density at radius 1 is 1.24 bits per heavy atom. The van der Waals surface area contributed by atoms with Crippen molar-refractivity contribution in [1.82, 2.24) is 4.90 Å². The molecule has 1 N–H and O–H groups in total. The zero-order chi connectivity index (χ0) is 20.8. The maximum Gasteiger partial charge on any atom is 0.242 e. The molecule has 1 saturated heterocycles. The van der Waals surface area contributed by atoms with Gasteiger partial charge in [-0.15, -0.1) is 0 Å². The van der Waals surface area contributed by atoms with Crippen molar-refractivity contribution in [2.24, 2.45) is 4.99 Å². The molecule has 0 bridgehead atoms. The van der Waals surface area contributed by atoms with E-state index in [0.29, 0.717) is 23.1 Å². The maximum atomic E-state index is 13.8. The van der Waals surface area contributed by atoms with Crippen molar-refractivity contribution in [1.29, 1.82) is 0 Å². The molecular formula is C21H22FN3O3S. The number of amides is 2. The van der Waals surface area contributed by atoms with Crippen molar-refractivity contribution in [2.45, 2.75) is 25.0 Å². The highest BCUT2D eigenvalue weighted by molar-refractivity contribution is 8.15. The number of para-hydroxylation sites is 3. The third kappa shape index (κ3) is 4.95. The molecule has 3 rings (SSSR count). The lowest BCUT2D eigenvalue weighted by Gasteiger charge is -2.15. The standard InChI is InChI=1S/C21H22FN3O3S/c1-3-12-25-20(27)18(13-19(26)23-15-9-5-4-8-14(15)22)29-21(25)24-16-10-6-7-11-17(16)28-2/h4-11,18H,3,12-13H2,1-2H3,(H,23,26)/t18-/m1/s1. The Labute approximate surface area is 173 Å². The molecule has 1 heterocycles. The van der Waals surface area contributed by atoms with Crippen LogP contribution < -0.4 is 10.1 Å². The van der Waals surface area contributed by atoms with E-state index in [1.165, 1.54) is 23.9 Å². The van der Waals surface area contributed by atoms with Gasteiger partial charge in [0, 0.05) is 13.0 Å². The Balaban J connectivity index is 1.77. The minimum Gasteiger partial charge on any atom is -0.494 e. The molecule has 29 heavy (non-hydrogen) atoms. The second-order valence-corrected chi connectivity index (χ2v) is 7.56. The predicted octanol–water partition coefficient (Wildman–Crippen LogP) is 4.20. The highest BCUT2D eigenvalue weighted by Crippen LogP contribution is 2.34. The first-order chi connectivity index (χ1) is 14.0. The van der Waals surface area contributed by atoms with Gasteiger partial charge in [0.25, 0.3) is 0 Å². The number of aliphatic imine (C=N–C) groups is 1. The van der Waals surface area contributed by atoms with Crippen LogP contribution in [-0.2, 0) is 9.59 Å². The Morgan fingerprint density at radius 3 is 2.69 bits per heavy atom. The van der Waals surface area contributed by atoms with Crippen LogP contribution in [0.25, 0.3) is 0 Å². The molecule has 2 aromatic carbocycles. The van der Waals surface area contributed by atoms with Crippen LogP contribution in [0.15, 0.2) is 53.5 Å². The average molecular weight is 415 g/mol. The van der Waals surface area contributed by atoms with Crippen LogP contribution in [-0.4, -0.2) is 40.8 Å². The van der Waals surface area contributed by atoms with E-state index in [9.17, 15) is 14.0 Å². The van der Waals surface area contributed by atoms with Gasteiger partial charge < -0.3 is 10.1 Å². The van der Waals surface area contributed by atoms with Crippen LogP contribution in [0.3, 0.4) is 0 Å². The number of thioether (sulfide) groups is 1. The van der Waals surface area contributed by atoms with Gasteiger partial charge in [0.05, 0.1) is 12.8 Å². The molecule has 1 aliphatic heterocycles. The van der Waals surface area contributed by atoms with E-state index >= 15 is 0 Å². The molecule has 152 valence electrons. The number of hydrogen-bond donors (Lipinski definition) is 1. The van der Waals surface area contributed by atoms with Crippen molar-refractivity contribution in [2.75, 3.05) is 19.0 Å². The van der Waals surface area contributed by atoms with E-state index in [2.05, 4.69) is 10.3 Å².